The molecule has 1 aliphatic heterocycles. The number of carbonyl (C=O) groups is 1. The molecule has 1 aromatic carbocycles. The van der Waals surface area contributed by atoms with Crippen molar-refractivity contribution < 1.29 is 23.1 Å². The molecule has 0 radical (unpaired) electrons. The molecule has 1 aromatic heterocycles. The first-order chi connectivity index (χ1) is 15.3. The Morgan fingerprint density at radius 3 is 2.55 bits per heavy atom. The summed E-state index contributed by atoms with van der Waals surface area (Å²) >= 11 is 7.38. The lowest BCUT2D eigenvalue weighted by molar-refractivity contribution is -0.137. The minimum Gasteiger partial charge on any atom is -0.465 e. The molecule has 1 saturated heterocycles. The van der Waals surface area contributed by atoms with Crippen molar-refractivity contribution in [3.05, 3.63) is 40.7 Å². The van der Waals surface area contributed by atoms with Crippen molar-refractivity contribution in [2.24, 2.45) is 5.41 Å². The number of piperidine rings is 1. The fraction of sp³-hybridized carbons (Fsp3) is 0.500. The number of carboxylic acid groups (broad SMARTS) is 1. The average molecular weight is 503 g/mol. The monoisotopic (exact) mass is 502 g/mol. The smallest absolute Gasteiger partial charge is 0.420 e. The van der Waals surface area contributed by atoms with E-state index in [4.69, 9.17) is 11.6 Å². The fourth-order valence-electron chi connectivity index (χ4n) is 3.86. The summed E-state index contributed by atoms with van der Waals surface area (Å²) in [6.07, 6.45) is -3.31. The molecule has 1 amide bonds. The Morgan fingerprint density at radius 2 is 2.00 bits per heavy atom. The molecule has 0 bridgehead atoms. The Kier molecular flexibility index (Phi) is 7.38. The van der Waals surface area contributed by atoms with E-state index in [1.807, 2.05) is 25.1 Å². The van der Waals surface area contributed by atoms with E-state index in [-0.39, 0.29) is 22.7 Å². The topological polar surface area (TPSA) is 78.4 Å². The molecule has 3 rings (SSSR count). The first kappa shape index (κ1) is 25.4. The van der Waals surface area contributed by atoms with Crippen molar-refractivity contribution in [2.75, 3.05) is 11.9 Å². The van der Waals surface area contributed by atoms with E-state index >= 15 is 0 Å². The third-order valence-corrected chi connectivity index (χ3v) is 7.17. The number of hydrogen-bond donors (Lipinski definition) is 2. The number of halogens is 4. The van der Waals surface area contributed by atoms with Crippen LogP contribution in [0.25, 0.3) is 0 Å². The molecular weight excluding hydrogens is 477 g/mol. The normalized spacial score (nSPS) is 19.5. The van der Waals surface area contributed by atoms with Gasteiger partial charge in [0.05, 0.1) is 0 Å². The molecule has 2 unspecified atom stereocenters. The van der Waals surface area contributed by atoms with E-state index in [0.29, 0.717) is 18.4 Å². The van der Waals surface area contributed by atoms with Crippen molar-refractivity contribution >= 4 is 41.1 Å². The highest BCUT2D eigenvalue weighted by Gasteiger charge is 2.39. The molecule has 1 aliphatic rings. The van der Waals surface area contributed by atoms with Gasteiger partial charge < -0.3 is 15.3 Å². The minimum atomic E-state index is -4.61. The van der Waals surface area contributed by atoms with Crippen LogP contribution in [0, 0.1) is 12.3 Å². The molecule has 2 heterocycles. The van der Waals surface area contributed by atoms with Gasteiger partial charge in [-0.15, -0.1) is 11.8 Å². The molecule has 0 saturated carbocycles. The van der Waals surface area contributed by atoms with E-state index in [1.54, 1.807) is 16.7 Å². The summed E-state index contributed by atoms with van der Waals surface area (Å²) in [5, 5.41) is 12.1. The molecule has 0 spiro atoms. The second-order valence-corrected chi connectivity index (χ2v) is 10.9. The van der Waals surface area contributed by atoms with Gasteiger partial charge in [0, 0.05) is 34.6 Å². The van der Waals surface area contributed by atoms with Gasteiger partial charge in [-0.25, -0.2) is 14.8 Å². The second-order valence-electron chi connectivity index (χ2n) is 9.12. The Labute approximate surface area is 199 Å². The molecular formula is C22H26ClF3N4O2S. The molecule has 0 aliphatic carbocycles. The van der Waals surface area contributed by atoms with Crippen molar-refractivity contribution in [3.63, 3.8) is 0 Å². The van der Waals surface area contributed by atoms with Crippen LogP contribution in [-0.2, 0) is 6.18 Å². The fourth-order valence-corrected chi connectivity index (χ4v) is 5.38. The van der Waals surface area contributed by atoms with Crippen LogP contribution in [-0.4, -0.2) is 43.9 Å². The average Bonchev–Trinajstić information content (AvgIpc) is 2.68. The lowest BCUT2D eigenvalue weighted by Gasteiger charge is -2.44. The van der Waals surface area contributed by atoms with E-state index in [1.165, 1.54) is 0 Å². The van der Waals surface area contributed by atoms with Crippen molar-refractivity contribution in [1.29, 1.82) is 0 Å². The van der Waals surface area contributed by atoms with Crippen molar-refractivity contribution in [1.82, 2.24) is 14.9 Å². The van der Waals surface area contributed by atoms with Crippen LogP contribution in [0.2, 0.25) is 5.15 Å². The zero-order valence-electron chi connectivity index (χ0n) is 18.7. The number of aryl methyl sites for hydroxylation is 1. The maximum Gasteiger partial charge on any atom is 0.420 e. The molecule has 11 heteroatoms. The number of anilines is 2. The summed E-state index contributed by atoms with van der Waals surface area (Å²) in [7, 11) is 0. The van der Waals surface area contributed by atoms with Gasteiger partial charge in [0.1, 0.15) is 10.7 Å². The van der Waals surface area contributed by atoms with Crippen LogP contribution < -0.4 is 5.32 Å². The van der Waals surface area contributed by atoms with Crippen LogP contribution in [0.3, 0.4) is 0 Å². The number of nitrogens with one attached hydrogen (secondary N) is 1. The highest BCUT2D eigenvalue weighted by atomic mass is 35.5. The van der Waals surface area contributed by atoms with Gasteiger partial charge in [0.25, 0.3) is 0 Å². The van der Waals surface area contributed by atoms with Crippen LogP contribution in [0.15, 0.2) is 29.3 Å². The van der Waals surface area contributed by atoms with Gasteiger partial charge >= 0.3 is 12.3 Å². The third-order valence-electron chi connectivity index (χ3n) is 5.59. The Bertz CT molecular complexity index is 1030. The van der Waals surface area contributed by atoms with E-state index < -0.39 is 23.0 Å². The van der Waals surface area contributed by atoms with Gasteiger partial charge in [-0.1, -0.05) is 32.4 Å². The van der Waals surface area contributed by atoms with E-state index in [0.717, 1.165) is 23.3 Å². The molecule has 180 valence electrons. The lowest BCUT2D eigenvalue weighted by Crippen LogP contribution is -2.52. The molecule has 2 atom stereocenters. The Hall–Kier alpha value is -2.20. The van der Waals surface area contributed by atoms with Crippen LogP contribution in [0.5, 0.6) is 0 Å². The highest BCUT2D eigenvalue weighted by Crippen LogP contribution is 2.40. The number of amides is 1. The van der Waals surface area contributed by atoms with E-state index in [2.05, 4.69) is 36.1 Å². The van der Waals surface area contributed by atoms with Crippen LogP contribution in [0.4, 0.5) is 29.6 Å². The van der Waals surface area contributed by atoms with Gasteiger partial charge in [-0.2, -0.15) is 13.2 Å². The van der Waals surface area contributed by atoms with Gasteiger partial charge in [0.15, 0.2) is 0 Å². The Morgan fingerprint density at radius 1 is 1.30 bits per heavy atom. The summed E-state index contributed by atoms with van der Waals surface area (Å²) in [5.41, 5.74) is 0.281. The Balaban J connectivity index is 1.70. The minimum absolute atomic E-state index is 0.0226. The number of aromatic nitrogens is 2. The maximum absolute atomic E-state index is 12.8. The first-order valence-electron chi connectivity index (χ1n) is 10.4. The number of thioether (sulfide) groups is 1. The number of likely N-dealkylation sites (tertiary alicyclic amines) is 1. The molecule has 2 aromatic rings. The zero-order valence-corrected chi connectivity index (χ0v) is 20.3. The van der Waals surface area contributed by atoms with Crippen LogP contribution in [0.1, 0.15) is 44.7 Å². The SMILES string of the molecule is Cc1cc(SC2CCN(C(=O)O)C(C(C)(C)C)C2)ccc1Nc1ncc(C(F)(F)F)c(Cl)n1. The summed E-state index contributed by atoms with van der Waals surface area (Å²) in [6.45, 7) is 8.55. The number of alkyl halides is 3. The number of nitrogens with zero attached hydrogens (tertiary/aromatic N) is 3. The van der Waals surface area contributed by atoms with E-state index in [9.17, 15) is 23.1 Å². The third kappa shape index (κ3) is 6.23. The second kappa shape index (κ2) is 9.58. The predicted octanol–water partition coefficient (Wildman–Crippen LogP) is 6.85. The van der Waals surface area contributed by atoms with Gasteiger partial charge in [-0.3, -0.25) is 0 Å². The molecule has 33 heavy (non-hydrogen) atoms. The summed E-state index contributed by atoms with van der Waals surface area (Å²) < 4.78 is 38.5. The van der Waals surface area contributed by atoms with Crippen molar-refractivity contribution in [2.45, 2.75) is 62.9 Å². The molecule has 1 fully saturated rings. The number of rotatable bonds is 4. The first-order valence-corrected chi connectivity index (χ1v) is 11.6. The number of hydrogen-bond acceptors (Lipinski definition) is 5. The zero-order chi connectivity index (χ0) is 24.6. The maximum atomic E-state index is 12.8. The molecule has 6 nitrogen and oxygen atoms in total. The summed E-state index contributed by atoms with van der Waals surface area (Å²) in [5.74, 6) is -0.0226. The number of benzene rings is 1. The predicted molar refractivity (Wildman–Crippen MR) is 123 cm³/mol. The highest BCUT2D eigenvalue weighted by molar-refractivity contribution is 8.00. The standard InChI is InChI=1S/C22H26ClF3N4O2S/c1-12-9-13(33-14-7-8-30(20(31)32)17(10-14)21(2,3)4)5-6-16(12)28-19-27-11-15(18(23)29-19)22(24,25)26/h5-6,9,11,14,17H,7-8,10H2,1-4H3,(H,31,32)(H,27,28,29). The van der Waals surface area contributed by atoms with Gasteiger partial charge in [-0.05, 0) is 48.9 Å². The van der Waals surface area contributed by atoms with Crippen molar-refractivity contribution in [3.8, 4) is 0 Å². The summed E-state index contributed by atoms with van der Waals surface area (Å²) in [6, 6.07) is 5.65. The quantitative estimate of drug-likeness (QED) is 0.445. The lowest BCUT2D eigenvalue weighted by atomic mass is 9.80. The summed E-state index contributed by atoms with van der Waals surface area (Å²) in [4.78, 5) is 21.7. The largest absolute Gasteiger partial charge is 0.465 e. The van der Waals surface area contributed by atoms with Crippen LogP contribution >= 0.6 is 23.4 Å². The molecule has 2 N–H and O–H groups in total. The van der Waals surface area contributed by atoms with Gasteiger partial charge in [0.2, 0.25) is 5.95 Å².